The number of anilines is 1. The van der Waals surface area contributed by atoms with Gasteiger partial charge >= 0.3 is 0 Å². The first-order chi connectivity index (χ1) is 12.3. The number of nitrogens with one attached hydrogen (secondary N) is 1. The molecule has 0 aliphatic heterocycles. The predicted molar refractivity (Wildman–Crippen MR) is 114 cm³/mol. The summed E-state index contributed by atoms with van der Waals surface area (Å²) in [5.74, 6) is 0.000339. The van der Waals surface area contributed by atoms with Crippen LogP contribution in [-0.2, 0) is 4.79 Å². The van der Waals surface area contributed by atoms with E-state index in [1.54, 1.807) is 6.20 Å². The molecular weight excluding hydrogens is 439 g/mol. The predicted octanol–water partition coefficient (Wildman–Crippen LogP) is 5.02. The molecule has 5 nitrogen and oxygen atoms in total. The third-order valence-corrected chi connectivity index (χ3v) is 6.49. The molecule has 0 saturated carbocycles. The summed E-state index contributed by atoms with van der Waals surface area (Å²) in [5.41, 5.74) is 4.13. The minimum atomic E-state index is -0.425. The van der Waals surface area contributed by atoms with Crippen LogP contribution in [0.2, 0.25) is 0 Å². The summed E-state index contributed by atoms with van der Waals surface area (Å²) in [6.07, 6.45) is 2.52. The van der Waals surface area contributed by atoms with Crippen molar-refractivity contribution in [2.45, 2.75) is 41.0 Å². The van der Waals surface area contributed by atoms with E-state index in [-0.39, 0.29) is 5.91 Å². The molecule has 6 heteroatoms. The highest BCUT2D eigenvalue weighted by Crippen LogP contribution is 2.31. The van der Waals surface area contributed by atoms with Gasteiger partial charge in [-0.2, -0.15) is 5.10 Å². The van der Waals surface area contributed by atoms with Crippen molar-refractivity contribution in [2.75, 3.05) is 5.32 Å². The van der Waals surface area contributed by atoms with Crippen molar-refractivity contribution in [3.05, 3.63) is 45.4 Å². The van der Waals surface area contributed by atoms with Gasteiger partial charge < -0.3 is 5.32 Å². The quantitative estimate of drug-likeness (QED) is 0.555. The third kappa shape index (κ3) is 3.22. The lowest BCUT2D eigenvalue weighted by molar-refractivity contribution is -0.124. The number of rotatable bonds is 4. The number of hydrogen-bond donors (Lipinski definition) is 1. The van der Waals surface area contributed by atoms with Crippen molar-refractivity contribution < 1.29 is 4.79 Å². The normalized spacial score (nSPS) is 11.8. The molecule has 136 valence electrons. The number of aromatic nitrogens is 3. The van der Waals surface area contributed by atoms with E-state index in [0.717, 1.165) is 43.7 Å². The first kappa shape index (κ1) is 18.8. The maximum Gasteiger partial charge on any atom is 0.230 e. The Kier molecular flexibility index (Phi) is 5.05. The average Bonchev–Trinajstić information content (AvgIpc) is 2.89. The van der Waals surface area contributed by atoms with Crippen LogP contribution in [0.5, 0.6) is 0 Å². The number of fused-ring (bicyclic) bond motifs is 1. The van der Waals surface area contributed by atoms with Crippen molar-refractivity contribution >= 4 is 45.1 Å². The summed E-state index contributed by atoms with van der Waals surface area (Å²) in [4.78, 5) is 17.1. The molecule has 0 aliphatic rings. The SMILES string of the molecule is CCC(C)(C)C(=O)Nc1ccc(-n2nc(C)c(I)c2C)c2cccnc12. The molecule has 0 unspecified atom stereocenters. The van der Waals surface area contributed by atoms with Gasteiger partial charge in [0.05, 0.1) is 31.8 Å². The highest BCUT2D eigenvalue weighted by Gasteiger charge is 2.26. The fraction of sp³-hybridized carbons (Fsp3) is 0.350. The number of halogens is 1. The molecule has 0 atom stereocenters. The van der Waals surface area contributed by atoms with Gasteiger partial charge in [-0.05, 0) is 67.1 Å². The maximum atomic E-state index is 12.6. The van der Waals surface area contributed by atoms with Gasteiger partial charge in [0, 0.05) is 17.0 Å². The Balaban J connectivity index is 2.13. The maximum absolute atomic E-state index is 12.6. The first-order valence-electron chi connectivity index (χ1n) is 8.67. The van der Waals surface area contributed by atoms with Crippen molar-refractivity contribution in [1.82, 2.24) is 14.8 Å². The molecule has 2 aromatic heterocycles. The van der Waals surface area contributed by atoms with Crippen LogP contribution in [0.15, 0.2) is 30.5 Å². The largest absolute Gasteiger partial charge is 0.324 e. The second-order valence-corrected chi connectivity index (χ2v) is 8.20. The van der Waals surface area contributed by atoms with Gasteiger partial charge in [-0.1, -0.05) is 20.8 Å². The Hall–Kier alpha value is -1.96. The number of pyridine rings is 1. The van der Waals surface area contributed by atoms with Crippen LogP contribution in [0, 0.1) is 22.8 Å². The zero-order chi connectivity index (χ0) is 19.1. The van der Waals surface area contributed by atoms with Crippen LogP contribution >= 0.6 is 22.6 Å². The minimum absolute atomic E-state index is 0.000339. The molecule has 0 fully saturated rings. The van der Waals surface area contributed by atoms with Crippen LogP contribution in [0.3, 0.4) is 0 Å². The van der Waals surface area contributed by atoms with Crippen LogP contribution in [0.4, 0.5) is 5.69 Å². The Labute approximate surface area is 167 Å². The molecule has 0 aliphatic carbocycles. The summed E-state index contributed by atoms with van der Waals surface area (Å²) in [6.45, 7) is 9.98. The highest BCUT2D eigenvalue weighted by atomic mass is 127. The van der Waals surface area contributed by atoms with Gasteiger partial charge in [-0.15, -0.1) is 0 Å². The Bertz CT molecular complexity index is 991. The summed E-state index contributed by atoms with van der Waals surface area (Å²) in [5, 5.41) is 8.68. The van der Waals surface area contributed by atoms with E-state index in [1.165, 1.54) is 0 Å². The summed E-state index contributed by atoms with van der Waals surface area (Å²) >= 11 is 2.32. The molecule has 1 amide bonds. The highest BCUT2D eigenvalue weighted by molar-refractivity contribution is 14.1. The van der Waals surface area contributed by atoms with Crippen molar-refractivity contribution in [2.24, 2.45) is 5.41 Å². The summed E-state index contributed by atoms with van der Waals surface area (Å²) in [7, 11) is 0. The van der Waals surface area contributed by atoms with Gasteiger partial charge in [0.2, 0.25) is 5.91 Å². The molecule has 3 aromatic rings. The topological polar surface area (TPSA) is 59.8 Å². The fourth-order valence-corrected chi connectivity index (χ4v) is 3.09. The van der Waals surface area contributed by atoms with E-state index in [0.29, 0.717) is 0 Å². The van der Waals surface area contributed by atoms with Gasteiger partial charge in [0.1, 0.15) is 0 Å². The van der Waals surface area contributed by atoms with Crippen LogP contribution in [0.25, 0.3) is 16.6 Å². The first-order valence-corrected chi connectivity index (χ1v) is 9.75. The molecule has 2 heterocycles. The van der Waals surface area contributed by atoms with Gasteiger partial charge in [-0.3, -0.25) is 9.78 Å². The van der Waals surface area contributed by atoms with E-state index in [1.807, 2.05) is 56.6 Å². The van der Waals surface area contributed by atoms with Gasteiger partial charge in [0.25, 0.3) is 0 Å². The van der Waals surface area contributed by atoms with Gasteiger partial charge in [0.15, 0.2) is 0 Å². The number of carbonyl (C=O) groups is 1. The lowest BCUT2D eigenvalue weighted by atomic mass is 9.89. The lowest BCUT2D eigenvalue weighted by Gasteiger charge is -2.22. The smallest absolute Gasteiger partial charge is 0.230 e. The molecule has 1 N–H and O–H groups in total. The van der Waals surface area contributed by atoms with Crippen molar-refractivity contribution in [3.63, 3.8) is 0 Å². The number of benzene rings is 1. The lowest BCUT2D eigenvalue weighted by Crippen LogP contribution is -2.30. The minimum Gasteiger partial charge on any atom is -0.324 e. The fourth-order valence-electron chi connectivity index (χ4n) is 2.75. The Morgan fingerprint density at radius 2 is 2.00 bits per heavy atom. The number of nitrogens with zero attached hydrogens (tertiary/aromatic N) is 3. The second kappa shape index (κ2) is 6.98. The monoisotopic (exact) mass is 462 g/mol. The molecule has 0 radical (unpaired) electrons. The molecular formula is C20H23IN4O. The molecule has 0 saturated heterocycles. The van der Waals surface area contributed by atoms with E-state index in [4.69, 9.17) is 0 Å². The van der Waals surface area contributed by atoms with E-state index < -0.39 is 5.41 Å². The molecule has 26 heavy (non-hydrogen) atoms. The van der Waals surface area contributed by atoms with E-state index >= 15 is 0 Å². The molecule has 0 bridgehead atoms. The number of aryl methyl sites for hydroxylation is 1. The van der Waals surface area contributed by atoms with E-state index in [9.17, 15) is 4.79 Å². The molecule has 0 spiro atoms. The number of hydrogen-bond acceptors (Lipinski definition) is 3. The summed E-state index contributed by atoms with van der Waals surface area (Å²) < 4.78 is 3.10. The van der Waals surface area contributed by atoms with Gasteiger partial charge in [-0.25, -0.2) is 4.68 Å². The Morgan fingerprint density at radius 1 is 1.27 bits per heavy atom. The Morgan fingerprint density at radius 3 is 2.62 bits per heavy atom. The average molecular weight is 462 g/mol. The standard InChI is InChI=1S/C20H23IN4O/c1-6-20(4,5)19(26)23-15-9-10-16(14-8-7-11-22-18(14)15)25-13(3)17(21)12(2)24-25/h7-11H,6H2,1-5H3,(H,23,26). The van der Waals surface area contributed by atoms with Crippen molar-refractivity contribution in [3.8, 4) is 5.69 Å². The molecule has 1 aromatic carbocycles. The molecule has 3 rings (SSSR count). The number of carbonyl (C=O) groups excluding carboxylic acids is 1. The summed E-state index contributed by atoms with van der Waals surface area (Å²) in [6, 6.07) is 7.83. The number of amides is 1. The van der Waals surface area contributed by atoms with Crippen LogP contribution in [-0.4, -0.2) is 20.7 Å². The third-order valence-electron chi connectivity index (χ3n) is 4.92. The van der Waals surface area contributed by atoms with E-state index in [2.05, 4.69) is 44.9 Å². The van der Waals surface area contributed by atoms with Crippen LogP contribution < -0.4 is 5.32 Å². The van der Waals surface area contributed by atoms with Crippen LogP contribution in [0.1, 0.15) is 38.6 Å². The zero-order valence-corrected chi connectivity index (χ0v) is 17.9. The zero-order valence-electron chi connectivity index (χ0n) is 15.7. The van der Waals surface area contributed by atoms with Crippen molar-refractivity contribution in [1.29, 1.82) is 0 Å². The second-order valence-electron chi connectivity index (χ2n) is 7.12.